The van der Waals surface area contributed by atoms with Crippen LogP contribution in [0.3, 0.4) is 0 Å². The molecule has 3 aliphatic rings. The van der Waals surface area contributed by atoms with Crippen LogP contribution in [0.4, 0.5) is 0 Å². The van der Waals surface area contributed by atoms with Crippen molar-refractivity contribution in [2.45, 2.75) is 82.6 Å². The molecule has 2 bridgehead atoms. The van der Waals surface area contributed by atoms with Gasteiger partial charge < -0.3 is 24.7 Å². The van der Waals surface area contributed by atoms with Crippen molar-refractivity contribution in [3.63, 3.8) is 0 Å². The van der Waals surface area contributed by atoms with Crippen LogP contribution in [-0.2, 0) is 19.1 Å². The highest BCUT2D eigenvalue weighted by molar-refractivity contribution is 5.98. The molecule has 3 fully saturated rings. The van der Waals surface area contributed by atoms with Gasteiger partial charge in [0.05, 0.1) is 17.4 Å². The van der Waals surface area contributed by atoms with Crippen molar-refractivity contribution < 1.29 is 29.3 Å². The van der Waals surface area contributed by atoms with Gasteiger partial charge in [0, 0.05) is 25.7 Å². The molecule has 174 valence electrons. The first-order valence-corrected chi connectivity index (χ1v) is 11.4. The van der Waals surface area contributed by atoms with Crippen molar-refractivity contribution in [3.8, 4) is 0 Å². The molecule has 0 aromatic rings. The molecule has 0 saturated carbocycles. The Morgan fingerprint density at radius 3 is 2.68 bits per heavy atom. The number of carboxylic acids is 1. The van der Waals surface area contributed by atoms with Gasteiger partial charge in [-0.15, -0.1) is 6.58 Å². The fraction of sp³-hybridized carbons (Fsp3) is 0.783. The van der Waals surface area contributed by atoms with Gasteiger partial charge in [-0.3, -0.25) is 14.4 Å². The second-order valence-electron chi connectivity index (χ2n) is 9.45. The number of amides is 2. The van der Waals surface area contributed by atoms with E-state index in [9.17, 15) is 24.6 Å². The molecule has 3 aliphatic heterocycles. The Hall–Kier alpha value is -1.93. The van der Waals surface area contributed by atoms with Gasteiger partial charge in [0.25, 0.3) is 0 Å². The van der Waals surface area contributed by atoms with E-state index in [0.717, 1.165) is 12.8 Å². The van der Waals surface area contributed by atoms with Gasteiger partial charge in [-0.05, 0) is 46.0 Å². The van der Waals surface area contributed by atoms with Gasteiger partial charge in [0.1, 0.15) is 11.6 Å². The highest BCUT2D eigenvalue weighted by atomic mass is 16.5. The molecule has 3 saturated heterocycles. The number of carbonyl (C=O) groups is 3. The van der Waals surface area contributed by atoms with Crippen LogP contribution in [-0.4, -0.2) is 80.8 Å². The third-order valence-electron chi connectivity index (χ3n) is 7.43. The number of rotatable bonds is 11. The van der Waals surface area contributed by atoms with Crippen LogP contribution < -0.4 is 0 Å². The molecule has 0 aliphatic carbocycles. The molecule has 3 rings (SSSR count). The molecule has 0 aromatic heterocycles. The van der Waals surface area contributed by atoms with Crippen LogP contribution in [0.25, 0.3) is 0 Å². The summed E-state index contributed by atoms with van der Waals surface area (Å²) < 4.78 is 6.39. The zero-order valence-electron chi connectivity index (χ0n) is 18.9. The average Bonchev–Trinajstić information content (AvgIpc) is 3.27. The first-order chi connectivity index (χ1) is 14.7. The van der Waals surface area contributed by atoms with E-state index in [1.165, 1.54) is 4.90 Å². The molecule has 0 aromatic carbocycles. The molecular weight excluding hydrogens is 400 g/mol. The van der Waals surface area contributed by atoms with Crippen LogP contribution in [0.5, 0.6) is 0 Å². The Kier molecular flexibility index (Phi) is 6.81. The molecule has 3 unspecified atom stereocenters. The minimum Gasteiger partial charge on any atom is -0.481 e. The number of unbranched alkanes of at least 4 members (excludes halogenated alkanes) is 1. The van der Waals surface area contributed by atoms with Gasteiger partial charge in [-0.25, -0.2) is 0 Å². The maximum absolute atomic E-state index is 14.0. The number of likely N-dealkylation sites (tertiary alicyclic amines) is 1. The Morgan fingerprint density at radius 1 is 1.39 bits per heavy atom. The smallest absolute Gasteiger partial charge is 0.310 e. The standard InChI is InChI=1S/C23H36N2O6/c1-5-9-15(3)24(12-6-2)20(28)18-23-11-10-22(4,31-23)17(21(29)30)16(23)19(27)25(18)13-7-8-14-26/h6,15-18,26H,2,5,7-14H2,1,3-4H3,(H,29,30)/t15?,16-,17+,18?,22-,23?/m0/s1. The predicted octanol–water partition coefficient (Wildman–Crippen LogP) is 1.81. The number of aliphatic hydroxyl groups is 1. The molecular formula is C23H36N2O6. The highest BCUT2D eigenvalue weighted by Gasteiger charge is 2.78. The lowest BCUT2D eigenvalue weighted by atomic mass is 9.66. The maximum Gasteiger partial charge on any atom is 0.310 e. The third kappa shape index (κ3) is 3.67. The zero-order valence-corrected chi connectivity index (χ0v) is 18.9. The van der Waals surface area contributed by atoms with Gasteiger partial charge in [-0.2, -0.15) is 0 Å². The summed E-state index contributed by atoms with van der Waals surface area (Å²) in [5, 5.41) is 19.1. The molecule has 2 amide bonds. The van der Waals surface area contributed by atoms with E-state index in [1.807, 2.05) is 6.92 Å². The number of carboxylic acid groups (broad SMARTS) is 1. The van der Waals surface area contributed by atoms with Crippen LogP contribution in [0.1, 0.15) is 59.3 Å². The molecule has 0 radical (unpaired) electrons. The van der Waals surface area contributed by atoms with Crippen LogP contribution in [0.2, 0.25) is 0 Å². The van der Waals surface area contributed by atoms with Crippen molar-refractivity contribution >= 4 is 17.8 Å². The number of fused-ring (bicyclic) bond motifs is 1. The average molecular weight is 437 g/mol. The van der Waals surface area contributed by atoms with E-state index in [1.54, 1.807) is 17.9 Å². The molecule has 31 heavy (non-hydrogen) atoms. The maximum atomic E-state index is 14.0. The number of aliphatic hydroxyl groups excluding tert-OH is 1. The van der Waals surface area contributed by atoms with E-state index in [2.05, 4.69) is 13.5 Å². The normalized spacial score (nSPS) is 34.6. The topological polar surface area (TPSA) is 107 Å². The SMILES string of the molecule is C=CCN(C(=O)C1N(CCCCO)C(=O)[C@@H]2[C@H](C(=O)O)[C@]3(C)CCC12O3)C(C)CCC. The van der Waals surface area contributed by atoms with Crippen LogP contribution in [0, 0.1) is 11.8 Å². The third-order valence-corrected chi connectivity index (χ3v) is 7.43. The van der Waals surface area contributed by atoms with Gasteiger partial charge in [0.15, 0.2) is 0 Å². The number of hydrogen-bond acceptors (Lipinski definition) is 5. The van der Waals surface area contributed by atoms with Gasteiger partial charge >= 0.3 is 5.97 Å². The van der Waals surface area contributed by atoms with E-state index >= 15 is 0 Å². The first kappa shape index (κ1) is 23.7. The van der Waals surface area contributed by atoms with Crippen molar-refractivity contribution in [2.24, 2.45) is 11.8 Å². The quantitative estimate of drug-likeness (QED) is 0.378. The van der Waals surface area contributed by atoms with Crippen molar-refractivity contribution in [3.05, 3.63) is 12.7 Å². The van der Waals surface area contributed by atoms with E-state index in [4.69, 9.17) is 4.74 Å². The first-order valence-electron chi connectivity index (χ1n) is 11.4. The van der Waals surface area contributed by atoms with Crippen molar-refractivity contribution in [1.82, 2.24) is 9.80 Å². The van der Waals surface area contributed by atoms with Gasteiger partial charge in [0.2, 0.25) is 11.8 Å². The van der Waals surface area contributed by atoms with E-state index in [0.29, 0.717) is 38.8 Å². The minimum atomic E-state index is -1.11. The number of carbonyl (C=O) groups excluding carboxylic acids is 2. The lowest BCUT2D eigenvalue weighted by molar-refractivity contribution is -0.156. The Balaban J connectivity index is 2.03. The second kappa shape index (κ2) is 8.90. The Bertz CT molecular complexity index is 742. The monoisotopic (exact) mass is 436 g/mol. The lowest BCUT2D eigenvalue weighted by Crippen LogP contribution is -2.58. The molecule has 8 heteroatoms. The Labute approximate surface area is 184 Å². The largest absolute Gasteiger partial charge is 0.481 e. The lowest BCUT2D eigenvalue weighted by Gasteiger charge is -2.39. The highest BCUT2D eigenvalue weighted by Crippen LogP contribution is 2.63. The molecule has 6 atom stereocenters. The summed E-state index contributed by atoms with van der Waals surface area (Å²) >= 11 is 0. The number of nitrogens with zero attached hydrogens (tertiary/aromatic N) is 2. The van der Waals surface area contributed by atoms with Gasteiger partial charge in [-0.1, -0.05) is 19.4 Å². The second-order valence-corrected chi connectivity index (χ2v) is 9.45. The summed E-state index contributed by atoms with van der Waals surface area (Å²) in [6, 6.07) is -0.890. The van der Waals surface area contributed by atoms with Crippen LogP contribution in [0.15, 0.2) is 12.7 Å². The summed E-state index contributed by atoms with van der Waals surface area (Å²) in [5.41, 5.74) is -2.06. The fourth-order valence-electron chi connectivity index (χ4n) is 6.07. The van der Waals surface area contributed by atoms with Crippen molar-refractivity contribution in [1.29, 1.82) is 0 Å². The summed E-state index contributed by atoms with van der Waals surface area (Å²) in [4.78, 5) is 42.9. The predicted molar refractivity (Wildman–Crippen MR) is 114 cm³/mol. The molecule has 1 spiro atoms. The Morgan fingerprint density at radius 2 is 2.10 bits per heavy atom. The number of aliphatic carboxylic acids is 1. The zero-order chi connectivity index (χ0) is 23.0. The summed E-state index contributed by atoms with van der Waals surface area (Å²) in [7, 11) is 0. The van der Waals surface area contributed by atoms with Crippen molar-refractivity contribution in [2.75, 3.05) is 19.7 Å². The number of hydrogen-bond donors (Lipinski definition) is 2. The number of ether oxygens (including phenoxy) is 1. The molecule has 3 heterocycles. The van der Waals surface area contributed by atoms with E-state index in [-0.39, 0.29) is 24.5 Å². The molecule has 8 nitrogen and oxygen atoms in total. The summed E-state index contributed by atoms with van der Waals surface area (Å²) in [5.74, 6) is -3.38. The summed E-state index contributed by atoms with van der Waals surface area (Å²) in [6.07, 6.45) is 5.45. The molecule has 2 N–H and O–H groups in total. The van der Waals surface area contributed by atoms with Crippen LogP contribution >= 0.6 is 0 Å². The minimum absolute atomic E-state index is 0.00232. The fourth-order valence-corrected chi connectivity index (χ4v) is 6.07. The van der Waals surface area contributed by atoms with E-state index < -0.39 is 35.0 Å². The summed E-state index contributed by atoms with van der Waals surface area (Å²) in [6.45, 7) is 10.2.